The molecule has 2 aromatic rings. The van der Waals surface area contributed by atoms with E-state index in [-0.39, 0.29) is 0 Å². The molecule has 1 heterocycles. The maximum absolute atomic E-state index is 8.49. The van der Waals surface area contributed by atoms with Gasteiger partial charge in [0.2, 0.25) is 0 Å². The molecule has 1 aromatic heterocycles. The van der Waals surface area contributed by atoms with Crippen LogP contribution >= 0.6 is 23.2 Å². The summed E-state index contributed by atoms with van der Waals surface area (Å²) < 4.78 is 47.1. The first-order valence-electron chi connectivity index (χ1n) is 6.97. The van der Waals surface area contributed by atoms with Crippen LogP contribution in [0.5, 0.6) is 5.75 Å². The summed E-state index contributed by atoms with van der Waals surface area (Å²) in [4.78, 5) is 0. The summed E-state index contributed by atoms with van der Waals surface area (Å²) in [5.74, 6) is 0.622. The fourth-order valence-electron chi connectivity index (χ4n) is 1.66. The van der Waals surface area contributed by atoms with E-state index in [0.29, 0.717) is 35.6 Å². The van der Waals surface area contributed by atoms with Crippen molar-refractivity contribution < 1.29 is 42.9 Å². The fraction of sp³-hybridized carbons (Fsp3) is 0.267. The monoisotopic (exact) mass is 411 g/mol. The third kappa shape index (κ3) is 11.9. The maximum Gasteiger partial charge on any atom is 0.171 e. The van der Waals surface area contributed by atoms with Gasteiger partial charge in [0.05, 0.1) is 11.6 Å². The number of rotatable bonds is 7. The minimum Gasteiger partial charge on any atom is -0.490 e. The molecule has 0 N–H and O–H groups in total. The highest BCUT2D eigenvalue weighted by Gasteiger charge is 2.02. The molecule has 7 nitrogen and oxygen atoms in total. The molecule has 1 aromatic carbocycles. The van der Waals surface area contributed by atoms with Crippen molar-refractivity contribution in [3.05, 3.63) is 58.8 Å². The van der Waals surface area contributed by atoms with Gasteiger partial charge in [-0.3, -0.25) is 0 Å². The van der Waals surface area contributed by atoms with E-state index in [1.165, 1.54) is 0 Å². The van der Waals surface area contributed by atoms with Crippen LogP contribution in [0.2, 0.25) is 10.0 Å². The summed E-state index contributed by atoms with van der Waals surface area (Å²) in [6, 6.07) is 11.1. The van der Waals surface area contributed by atoms with Crippen LogP contribution in [-0.2, 0) is 11.3 Å². The molecular formula is C15H16Cl3NO6. The Morgan fingerprint density at radius 3 is 2.16 bits per heavy atom. The maximum atomic E-state index is 8.49. The summed E-state index contributed by atoms with van der Waals surface area (Å²) in [7, 11) is -4.94. The highest BCUT2D eigenvalue weighted by Crippen LogP contribution is 2.27. The Bertz CT molecular complexity index is 618. The van der Waals surface area contributed by atoms with Gasteiger partial charge in [-0.2, -0.15) is 0 Å². The number of pyridine rings is 1. The molecule has 0 amide bonds. The first kappa shape index (κ1) is 21.9. The average molecular weight is 413 g/mol. The third-order valence-electron chi connectivity index (χ3n) is 2.65. The van der Waals surface area contributed by atoms with Gasteiger partial charge in [-0.05, 0) is 18.2 Å². The second-order valence-corrected chi connectivity index (χ2v) is 6.13. The molecule has 0 atom stereocenters. The molecule has 10 heteroatoms. The van der Waals surface area contributed by atoms with Gasteiger partial charge in [-0.15, -0.1) is 10.2 Å². The molecule has 0 spiro atoms. The molecule has 0 saturated heterocycles. The van der Waals surface area contributed by atoms with E-state index >= 15 is 0 Å². The summed E-state index contributed by atoms with van der Waals surface area (Å²) in [5.41, 5.74) is 0. The number of benzene rings is 1. The Morgan fingerprint density at radius 1 is 0.920 bits per heavy atom. The number of halogens is 3. The molecule has 0 unspecified atom stereocenters. The van der Waals surface area contributed by atoms with E-state index in [2.05, 4.69) is 4.57 Å². The van der Waals surface area contributed by atoms with Crippen LogP contribution in [0.1, 0.15) is 0 Å². The van der Waals surface area contributed by atoms with E-state index in [0.717, 1.165) is 6.54 Å². The topological polar surface area (TPSA) is 115 Å². The predicted octanol–water partition coefficient (Wildman–Crippen LogP) is -1.38. The molecule has 0 aliphatic rings. The number of aromatic nitrogens is 1. The lowest BCUT2D eigenvalue weighted by Gasteiger charge is -2.17. The van der Waals surface area contributed by atoms with Crippen molar-refractivity contribution in [2.45, 2.75) is 6.54 Å². The van der Waals surface area contributed by atoms with Crippen molar-refractivity contribution in [1.82, 2.24) is 0 Å². The molecule has 0 radical (unpaired) electrons. The van der Waals surface area contributed by atoms with Crippen molar-refractivity contribution in [2.75, 3.05) is 19.8 Å². The van der Waals surface area contributed by atoms with Crippen LogP contribution < -0.4 is 27.9 Å². The summed E-state index contributed by atoms with van der Waals surface area (Å²) >= 11 is 11.8. The van der Waals surface area contributed by atoms with Crippen molar-refractivity contribution in [3.8, 4) is 5.75 Å². The molecule has 0 fully saturated rings. The van der Waals surface area contributed by atoms with Crippen molar-refractivity contribution in [3.63, 3.8) is 0 Å². The van der Waals surface area contributed by atoms with Gasteiger partial charge in [0, 0.05) is 17.2 Å². The van der Waals surface area contributed by atoms with Crippen LogP contribution in [0.25, 0.3) is 0 Å². The van der Waals surface area contributed by atoms with Crippen molar-refractivity contribution >= 4 is 23.2 Å². The summed E-state index contributed by atoms with van der Waals surface area (Å²) in [5, 5.41) is 1.11. The average Bonchev–Trinajstić information content (AvgIpc) is 2.52. The molecule has 0 saturated carbocycles. The standard InChI is InChI=1S/C15H16Cl2NO2.ClHO4/c16-13-4-5-15(14(17)12-13)20-11-10-19-9-8-18-6-2-1-3-7-18;2-1(3,4)5/h1-7,12H,8-11H2;(H,2,3,4,5)/q+1;/p-1. The molecular weight excluding hydrogens is 397 g/mol. The Balaban J connectivity index is 0.000000550. The first-order chi connectivity index (χ1) is 11.8. The molecule has 25 heavy (non-hydrogen) atoms. The number of hydrogen-bond acceptors (Lipinski definition) is 6. The Kier molecular flexibility index (Phi) is 10.0. The largest absolute Gasteiger partial charge is 0.490 e. The quantitative estimate of drug-likeness (QED) is 0.409. The van der Waals surface area contributed by atoms with Gasteiger partial charge in [0.15, 0.2) is 18.9 Å². The zero-order chi connectivity index (χ0) is 18.7. The Labute approximate surface area is 157 Å². The highest BCUT2D eigenvalue weighted by atomic mass is 35.7. The Morgan fingerprint density at radius 2 is 1.56 bits per heavy atom. The van der Waals surface area contributed by atoms with Gasteiger partial charge in [-0.25, -0.2) is 23.2 Å². The number of hydrogen-bond donors (Lipinski definition) is 0. The van der Waals surface area contributed by atoms with Crippen molar-refractivity contribution in [2.24, 2.45) is 0 Å². The van der Waals surface area contributed by atoms with E-state index < -0.39 is 10.2 Å². The summed E-state index contributed by atoms with van der Waals surface area (Å²) in [6.07, 6.45) is 4.01. The molecule has 2 rings (SSSR count). The van der Waals surface area contributed by atoms with Crippen LogP contribution in [0, 0.1) is 10.2 Å². The van der Waals surface area contributed by atoms with E-state index in [1.54, 1.807) is 18.2 Å². The second kappa shape index (κ2) is 11.5. The fourth-order valence-corrected chi connectivity index (χ4v) is 2.12. The number of nitrogens with zero attached hydrogens (tertiary/aromatic N) is 1. The minimum atomic E-state index is -4.94. The Hall–Kier alpha value is -1.16. The minimum absolute atomic E-state index is 0.459. The smallest absolute Gasteiger partial charge is 0.171 e. The van der Waals surface area contributed by atoms with Gasteiger partial charge in [-0.1, -0.05) is 29.3 Å². The van der Waals surface area contributed by atoms with Crippen LogP contribution in [-0.4, -0.2) is 19.8 Å². The van der Waals surface area contributed by atoms with Crippen LogP contribution in [0.3, 0.4) is 0 Å². The van der Waals surface area contributed by atoms with Gasteiger partial charge < -0.3 is 9.47 Å². The normalized spacial score (nSPS) is 10.8. The van der Waals surface area contributed by atoms with Gasteiger partial charge >= 0.3 is 0 Å². The van der Waals surface area contributed by atoms with Crippen LogP contribution in [0.15, 0.2) is 48.8 Å². The second-order valence-electron chi connectivity index (χ2n) is 4.53. The molecule has 0 aliphatic carbocycles. The predicted molar refractivity (Wildman–Crippen MR) is 79.4 cm³/mol. The first-order valence-corrected chi connectivity index (χ1v) is 8.96. The molecule has 0 aliphatic heterocycles. The summed E-state index contributed by atoms with van der Waals surface area (Å²) in [6.45, 7) is 2.45. The zero-order valence-electron chi connectivity index (χ0n) is 13.0. The molecule has 138 valence electrons. The number of ether oxygens (including phenoxy) is 2. The van der Waals surface area contributed by atoms with Crippen molar-refractivity contribution in [1.29, 1.82) is 0 Å². The highest BCUT2D eigenvalue weighted by molar-refractivity contribution is 6.35. The lowest BCUT2D eigenvalue weighted by molar-refractivity contribution is -2.00. The molecule has 0 bridgehead atoms. The SMILES string of the molecule is Clc1ccc(OCCOCC[n+]2ccccc2)c(Cl)c1.[O-][Cl+3]([O-])([O-])[O-]. The lowest BCUT2D eigenvalue weighted by Crippen LogP contribution is -2.68. The van der Waals surface area contributed by atoms with E-state index in [1.807, 2.05) is 30.6 Å². The van der Waals surface area contributed by atoms with E-state index in [4.69, 9.17) is 51.3 Å². The third-order valence-corrected chi connectivity index (χ3v) is 3.18. The van der Waals surface area contributed by atoms with Gasteiger partial charge in [0.25, 0.3) is 0 Å². The zero-order valence-corrected chi connectivity index (χ0v) is 15.2. The van der Waals surface area contributed by atoms with Gasteiger partial charge in [0.1, 0.15) is 19.0 Å². The lowest BCUT2D eigenvalue weighted by atomic mass is 10.3. The van der Waals surface area contributed by atoms with Crippen LogP contribution in [0.4, 0.5) is 0 Å². The van der Waals surface area contributed by atoms with E-state index in [9.17, 15) is 0 Å².